The number of nitrogens with zero attached hydrogens (tertiary/aromatic N) is 6. The largest absolute Gasteiger partial charge is 0.332 e. The zero-order valence-electron chi connectivity index (χ0n) is 18.1. The molecule has 164 valence electrons. The quantitative estimate of drug-likeness (QED) is 0.335. The minimum absolute atomic E-state index is 0.297. The molecule has 0 aliphatic rings. The summed E-state index contributed by atoms with van der Waals surface area (Å²) in [5.74, 6) is 0.363. The molecule has 0 radical (unpaired) electrons. The summed E-state index contributed by atoms with van der Waals surface area (Å²) in [7, 11) is 3.06. The van der Waals surface area contributed by atoms with Crippen molar-refractivity contribution >= 4 is 34.2 Å². The molecule has 1 N–H and O–H groups in total. The van der Waals surface area contributed by atoms with Gasteiger partial charge in [0.1, 0.15) is 0 Å². The molecule has 3 heterocycles. The van der Waals surface area contributed by atoms with E-state index in [0.29, 0.717) is 23.7 Å². The molecular formula is C24H21N7O2. The average molecular weight is 439 g/mol. The Morgan fingerprint density at radius 3 is 2.55 bits per heavy atom. The van der Waals surface area contributed by atoms with Crippen molar-refractivity contribution in [3.8, 4) is 0 Å². The molecule has 5 aromatic rings. The molecule has 0 saturated carbocycles. The van der Waals surface area contributed by atoms with Gasteiger partial charge in [-0.25, -0.2) is 10.2 Å². The zero-order valence-corrected chi connectivity index (χ0v) is 18.1. The van der Waals surface area contributed by atoms with Crippen molar-refractivity contribution in [2.75, 3.05) is 5.43 Å². The Labute approximate surface area is 188 Å². The molecule has 0 spiro atoms. The molecule has 9 nitrogen and oxygen atoms in total. The van der Waals surface area contributed by atoms with E-state index in [0.717, 1.165) is 26.6 Å². The van der Waals surface area contributed by atoms with Crippen LogP contribution in [-0.4, -0.2) is 29.9 Å². The van der Waals surface area contributed by atoms with Crippen molar-refractivity contribution in [1.29, 1.82) is 0 Å². The van der Waals surface area contributed by atoms with Crippen LogP contribution in [0.25, 0.3) is 22.1 Å². The number of rotatable bonds is 5. The second-order valence-electron chi connectivity index (χ2n) is 7.67. The number of para-hydroxylation sites is 1. The number of imidazole rings is 1. The van der Waals surface area contributed by atoms with Crippen LogP contribution in [0.3, 0.4) is 0 Å². The van der Waals surface area contributed by atoms with Crippen molar-refractivity contribution in [3.63, 3.8) is 0 Å². The predicted molar refractivity (Wildman–Crippen MR) is 129 cm³/mol. The van der Waals surface area contributed by atoms with Crippen LogP contribution in [-0.2, 0) is 20.6 Å². The Bertz CT molecular complexity index is 1620. The van der Waals surface area contributed by atoms with Crippen LogP contribution in [0.4, 0.5) is 5.95 Å². The topological polar surface area (TPSA) is 99.1 Å². The highest BCUT2D eigenvalue weighted by atomic mass is 16.2. The molecule has 0 unspecified atom stereocenters. The smallest absolute Gasteiger partial charge is 0.298 e. The van der Waals surface area contributed by atoms with Crippen LogP contribution in [0.2, 0.25) is 0 Å². The molecule has 2 aromatic carbocycles. The van der Waals surface area contributed by atoms with Gasteiger partial charge in [-0.05, 0) is 17.7 Å². The zero-order chi connectivity index (χ0) is 22.9. The standard InChI is InChI=1S/C24H21N7O2/c1-29-21-20(22(32)30(2)24(29)33)31(15-16-8-4-3-5-9-16)23(27-21)28-26-14-17-12-13-25-19-11-7-6-10-18(17)19/h3-14H,15H2,1-2H3,(H,27,28)/b26-14+. The summed E-state index contributed by atoms with van der Waals surface area (Å²) in [6.07, 6.45) is 3.42. The molecule has 0 saturated heterocycles. The number of aryl methyl sites for hydroxylation is 1. The van der Waals surface area contributed by atoms with E-state index in [1.165, 1.54) is 11.6 Å². The van der Waals surface area contributed by atoms with Crippen LogP contribution >= 0.6 is 0 Å². The van der Waals surface area contributed by atoms with E-state index in [-0.39, 0.29) is 0 Å². The van der Waals surface area contributed by atoms with Gasteiger partial charge < -0.3 is 0 Å². The summed E-state index contributed by atoms with van der Waals surface area (Å²) in [6, 6.07) is 19.4. The van der Waals surface area contributed by atoms with Crippen LogP contribution in [0, 0.1) is 0 Å². The van der Waals surface area contributed by atoms with Gasteiger partial charge in [-0.1, -0.05) is 48.5 Å². The number of hydrazone groups is 1. The fourth-order valence-electron chi connectivity index (χ4n) is 3.84. The Balaban J connectivity index is 1.61. The summed E-state index contributed by atoms with van der Waals surface area (Å²) in [4.78, 5) is 34.3. The van der Waals surface area contributed by atoms with Gasteiger partial charge in [-0.15, -0.1) is 0 Å². The minimum atomic E-state index is -0.435. The van der Waals surface area contributed by atoms with E-state index in [4.69, 9.17) is 0 Å². The summed E-state index contributed by atoms with van der Waals surface area (Å²) in [6.45, 7) is 0.390. The van der Waals surface area contributed by atoms with Crippen LogP contribution in [0.1, 0.15) is 11.1 Å². The summed E-state index contributed by atoms with van der Waals surface area (Å²) in [5.41, 5.74) is 5.50. The van der Waals surface area contributed by atoms with Crippen molar-refractivity contribution in [2.45, 2.75) is 6.54 Å². The van der Waals surface area contributed by atoms with Gasteiger partial charge in [-0.2, -0.15) is 10.1 Å². The fourth-order valence-corrected chi connectivity index (χ4v) is 3.84. The number of pyridine rings is 1. The molecule has 0 aliphatic carbocycles. The first kappa shape index (κ1) is 20.4. The maximum Gasteiger partial charge on any atom is 0.332 e. The number of benzene rings is 2. The Kier molecular flexibility index (Phi) is 5.06. The number of aromatic nitrogens is 5. The molecule has 5 rings (SSSR count). The van der Waals surface area contributed by atoms with Gasteiger partial charge >= 0.3 is 5.69 Å². The van der Waals surface area contributed by atoms with E-state index >= 15 is 0 Å². The molecule has 9 heteroatoms. The number of fused-ring (bicyclic) bond motifs is 2. The van der Waals surface area contributed by atoms with Gasteiger partial charge in [0, 0.05) is 31.2 Å². The summed E-state index contributed by atoms with van der Waals surface area (Å²) in [5, 5.41) is 5.35. The van der Waals surface area contributed by atoms with Crippen molar-refractivity contribution < 1.29 is 0 Å². The monoisotopic (exact) mass is 439 g/mol. The highest BCUT2D eigenvalue weighted by Gasteiger charge is 2.19. The molecule has 0 atom stereocenters. The maximum atomic E-state index is 13.0. The van der Waals surface area contributed by atoms with Crippen LogP contribution in [0.5, 0.6) is 0 Å². The molecule has 0 fully saturated rings. The number of nitrogens with one attached hydrogen (secondary N) is 1. The Hall–Kier alpha value is -4.53. The third-order valence-electron chi connectivity index (χ3n) is 5.58. The van der Waals surface area contributed by atoms with Gasteiger partial charge in [0.25, 0.3) is 5.56 Å². The number of hydrogen-bond acceptors (Lipinski definition) is 6. The van der Waals surface area contributed by atoms with Gasteiger partial charge in [-0.3, -0.25) is 23.5 Å². The van der Waals surface area contributed by atoms with Gasteiger partial charge in [0.05, 0.1) is 18.3 Å². The molecule has 0 bridgehead atoms. The molecule has 33 heavy (non-hydrogen) atoms. The lowest BCUT2D eigenvalue weighted by Gasteiger charge is -2.09. The number of hydrogen-bond donors (Lipinski definition) is 1. The van der Waals surface area contributed by atoms with Crippen molar-refractivity contribution in [3.05, 3.63) is 98.8 Å². The number of anilines is 1. The second kappa shape index (κ2) is 8.19. The van der Waals surface area contributed by atoms with E-state index in [9.17, 15) is 9.59 Å². The SMILES string of the molecule is Cn1c(=O)c2c(nc(N/N=C/c3ccnc4ccccc34)n2Cc2ccccc2)n(C)c1=O. The fraction of sp³-hybridized carbons (Fsp3) is 0.125. The van der Waals surface area contributed by atoms with Gasteiger partial charge in [0.2, 0.25) is 5.95 Å². The van der Waals surface area contributed by atoms with Crippen molar-refractivity contribution in [2.24, 2.45) is 19.2 Å². The minimum Gasteiger partial charge on any atom is -0.298 e. The lowest BCUT2D eigenvalue weighted by molar-refractivity contribution is 0.702. The van der Waals surface area contributed by atoms with E-state index in [1.54, 1.807) is 24.0 Å². The first-order chi connectivity index (χ1) is 16.0. The Morgan fingerprint density at radius 2 is 1.73 bits per heavy atom. The van der Waals surface area contributed by atoms with Crippen LogP contribution in [0.15, 0.2) is 81.6 Å². The first-order valence-corrected chi connectivity index (χ1v) is 10.4. The maximum absolute atomic E-state index is 13.0. The second-order valence-corrected chi connectivity index (χ2v) is 7.67. The van der Waals surface area contributed by atoms with Gasteiger partial charge in [0.15, 0.2) is 11.2 Å². The van der Waals surface area contributed by atoms with Crippen LogP contribution < -0.4 is 16.7 Å². The molecule has 0 aliphatic heterocycles. The summed E-state index contributed by atoms with van der Waals surface area (Å²) < 4.78 is 4.19. The third kappa shape index (κ3) is 3.59. The third-order valence-corrected chi connectivity index (χ3v) is 5.58. The Morgan fingerprint density at radius 1 is 0.970 bits per heavy atom. The molecule has 0 amide bonds. The lowest BCUT2D eigenvalue weighted by atomic mass is 10.1. The highest BCUT2D eigenvalue weighted by Crippen LogP contribution is 2.19. The highest BCUT2D eigenvalue weighted by molar-refractivity contribution is 5.98. The van der Waals surface area contributed by atoms with E-state index in [2.05, 4.69) is 20.5 Å². The molecular weight excluding hydrogens is 418 g/mol. The lowest BCUT2D eigenvalue weighted by Crippen LogP contribution is -2.37. The van der Waals surface area contributed by atoms with Crippen molar-refractivity contribution in [1.82, 2.24) is 23.7 Å². The van der Waals surface area contributed by atoms with E-state index in [1.807, 2.05) is 60.7 Å². The van der Waals surface area contributed by atoms with E-state index < -0.39 is 11.2 Å². The average Bonchev–Trinajstić information content (AvgIpc) is 3.20. The predicted octanol–water partition coefficient (Wildman–Crippen LogP) is 2.48. The first-order valence-electron chi connectivity index (χ1n) is 10.4. The summed E-state index contributed by atoms with van der Waals surface area (Å²) >= 11 is 0. The normalized spacial score (nSPS) is 11.6. The molecule has 3 aromatic heterocycles.